The normalized spacial score (nSPS) is 18.0. The van der Waals surface area contributed by atoms with Gasteiger partial charge in [0.05, 0.1) is 6.04 Å². The number of benzene rings is 3. The van der Waals surface area contributed by atoms with Crippen LogP contribution in [0.2, 0.25) is 0 Å². The van der Waals surface area contributed by atoms with Gasteiger partial charge in [-0.2, -0.15) is 0 Å². The molecule has 0 fully saturated rings. The number of para-hydroxylation sites is 1. The zero-order valence-electron chi connectivity index (χ0n) is 13.7. The van der Waals surface area contributed by atoms with Crippen LogP contribution in [0.4, 0.5) is 11.4 Å². The minimum absolute atomic E-state index is 0.0317. The molecular formula is C22H19N3. The second-order valence-electron chi connectivity index (χ2n) is 6.63. The van der Waals surface area contributed by atoms with E-state index in [0.29, 0.717) is 5.92 Å². The number of hydrogen-bond donors (Lipinski definition) is 3. The van der Waals surface area contributed by atoms with Crippen LogP contribution in [-0.4, -0.2) is 0 Å². The summed E-state index contributed by atoms with van der Waals surface area (Å²) in [5, 5.41) is 3.63. The van der Waals surface area contributed by atoms with Crippen LogP contribution < -0.4 is 16.6 Å². The van der Waals surface area contributed by atoms with Crippen molar-refractivity contribution >= 4 is 16.9 Å². The summed E-state index contributed by atoms with van der Waals surface area (Å²) >= 11 is 0. The Labute approximate surface area is 147 Å². The number of allylic oxidation sites excluding steroid dienone is 2. The molecule has 0 radical (unpaired) electrons. The second kappa shape index (κ2) is 5.59. The van der Waals surface area contributed by atoms with E-state index in [2.05, 4.69) is 71.4 Å². The number of fused-ring (bicyclic) bond motifs is 5. The first kappa shape index (κ1) is 14.5. The molecule has 4 N–H and O–H groups in total. The summed E-state index contributed by atoms with van der Waals surface area (Å²) in [4.78, 5) is 0. The zero-order valence-corrected chi connectivity index (χ0v) is 13.7. The van der Waals surface area contributed by atoms with E-state index in [-0.39, 0.29) is 6.04 Å². The zero-order chi connectivity index (χ0) is 16.8. The largest absolute Gasteiger partial charge is 0.355 e. The van der Waals surface area contributed by atoms with Crippen molar-refractivity contribution in [1.82, 2.24) is 5.43 Å². The lowest BCUT2D eigenvalue weighted by Crippen LogP contribution is -2.28. The van der Waals surface area contributed by atoms with Crippen LogP contribution in [0, 0.1) is 0 Å². The number of nitrogens with two attached hydrogens (primary N) is 1. The lowest BCUT2D eigenvalue weighted by Gasteiger charge is -2.19. The van der Waals surface area contributed by atoms with E-state index in [1.165, 1.54) is 22.4 Å². The second-order valence-corrected chi connectivity index (χ2v) is 6.63. The van der Waals surface area contributed by atoms with Crippen LogP contribution in [0.25, 0.3) is 5.57 Å². The molecule has 2 atom stereocenters. The van der Waals surface area contributed by atoms with Gasteiger partial charge in [-0.05, 0) is 34.4 Å². The van der Waals surface area contributed by atoms with Gasteiger partial charge in [-0.3, -0.25) is 5.84 Å². The van der Waals surface area contributed by atoms with Crippen LogP contribution in [-0.2, 0) is 0 Å². The van der Waals surface area contributed by atoms with Crippen LogP contribution in [0.3, 0.4) is 0 Å². The average molecular weight is 325 g/mol. The summed E-state index contributed by atoms with van der Waals surface area (Å²) in [6.45, 7) is 0. The van der Waals surface area contributed by atoms with Gasteiger partial charge in [-0.1, -0.05) is 66.7 Å². The highest BCUT2D eigenvalue weighted by molar-refractivity contribution is 5.96. The molecule has 0 spiro atoms. The van der Waals surface area contributed by atoms with E-state index in [4.69, 9.17) is 5.84 Å². The Morgan fingerprint density at radius 2 is 1.64 bits per heavy atom. The van der Waals surface area contributed by atoms with Gasteiger partial charge in [0.1, 0.15) is 0 Å². The molecule has 2 unspecified atom stereocenters. The molecule has 3 aromatic rings. The smallest absolute Gasteiger partial charge is 0.0710 e. The van der Waals surface area contributed by atoms with Crippen LogP contribution in [0.5, 0.6) is 0 Å². The molecule has 25 heavy (non-hydrogen) atoms. The Balaban J connectivity index is 1.59. The van der Waals surface area contributed by atoms with Crippen LogP contribution in [0.1, 0.15) is 34.2 Å². The lowest BCUT2D eigenvalue weighted by molar-refractivity contribution is 0.637. The van der Waals surface area contributed by atoms with Gasteiger partial charge in [0.25, 0.3) is 0 Å². The summed E-state index contributed by atoms with van der Waals surface area (Å²) in [6, 6.07) is 25.4. The average Bonchev–Trinajstić information content (AvgIpc) is 3.45. The molecule has 3 nitrogen and oxygen atoms in total. The number of hydrazine groups is 1. The van der Waals surface area contributed by atoms with E-state index < -0.39 is 0 Å². The van der Waals surface area contributed by atoms with Crippen molar-refractivity contribution in [3.05, 3.63) is 101 Å². The standard InChI is InChI=1S/C22H19N3/c23-25-22(14-6-2-1-3-7-14)15-10-11-17-19-13-18(19)16-8-4-5-9-20(16)24-21(17)12-15/h1-13,18,22,24-25H,23H2. The summed E-state index contributed by atoms with van der Waals surface area (Å²) in [5.41, 5.74) is 11.6. The fourth-order valence-electron chi connectivity index (χ4n) is 3.80. The molecule has 3 aromatic carbocycles. The molecule has 1 aliphatic heterocycles. The van der Waals surface area contributed by atoms with Gasteiger partial charge in [0.2, 0.25) is 0 Å². The summed E-state index contributed by atoms with van der Waals surface area (Å²) in [6.07, 6.45) is 2.34. The highest BCUT2D eigenvalue weighted by atomic mass is 15.2. The summed E-state index contributed by atoms with van der Waals surface area (Å²) in [5.74, 6) is 6.33. The third-order valence-corrected chi connectivity index (χ3v) is 5.12. The number of nitrogens with one attached hydrogen (secondary N) is 2. The topological polar surface area (TPSA) is 50.1 Å². The minimum Gasteiger partial charge on any atom is -0.355 e. The Morgan fingerprint density at radius 1 is 0.840 bits per heavy atom. The number of anilines is 2. The molecule has 5 rings (SSSR count). The first-order valence-electron chi connectivity index (χ1n) is 8.58. The molecule has 122 valence electrons. The fraction of sp³-hybridized carbons (Fsp3) is 0.0909. The van der Waals surface area contributed by atoms with E-state index >= 15 is 0 Å². The monoisotopic (exact) mass is 325 g/mol. The third kappa shape index (κ3) is 2.37. The summed E-state index contributed by atoms with van der Waals surface area (Å²) in [7, 11) is 0. The van der Waals surface area contributed by atoms with Gasteiger partial charge in [0, 0.05) is 22.9 Å². The molecule has 1 aliphatic carbocycles. The highest BCUT2D eigenvalue weighted by Gasteiger charge is 2.34. The van der Waals surface area contributed by atoms with Crippen molar-refractivity contribution < 1.29 is 0 Å². The van der Waals surface area contributed by atoms with Crippen molar-refractivity contribution in [3.63, 3.8) is 0 Å². The van der Waals surface area contributed by atoms with Gasteiger partial charge in [-0.25, -0.2) is 5.43 Å². The number of hydrogen-bond acceptors (Lipinski definition) is 3. The molecule has 0 bridgehead atoms. The maximum absolute atomic E-state index is 5.87. The number of rotatable bonds is 3. The van der Waals surface area contributed by atoms with Crippen molar-refractivity contribution in [2.45, 2.75) is 12.0 Å². The molecule has 0 saturated carbocycles. The van der Waals surface area contributed by atoms with E-state index in [1.54, 1.807) is 0 Å². The predicted octanol–water partition coefficient (Wildman–Crippen LogP) is 4.48. The Kier molecular flexibility index (Phi) is 3.23. The molecular weight excluding hydrogens is 306 g/mol. The highest BCUT2D eigenvalue weighted by Crippen LogP contribution is 2.53. The predicted molar refractivity (Wildman–Crippen MR) is 102 cm³/mol. The first-order chi connectivity index (χ1) is 12.3. The van der Waals surface area contributed by atoms with Gasteiger partial charge in [-0.15, -0.1) is 0 Å². The minimum atomic E-state index is -0.0317. The van der Waals surface area contributed by atoms with Crippen molar-refractivity contribution in [2.24, 2.45) is 5.84 Å². The van der Waals surface area contributed by atoms with Crippen LogP contribution in [0.15, 0.2) is 78.9 Å². The Morgan fingerprint density at radius 3 is 2.48 bits per heavy atom. The van der Waals surface area contributed by atoms with E-state index in [9.17, 15) is 0 Å². The van der Waals surface area contributed by atoms with Gasteiger partial charge < -0.3 is 5.32 Å². The van der Waals surface area contributed by atoms with Gasteiger partial charge in [0.15, 0.2) is 0 Å². The fourth-order valence-corrected chi connectivity index (χ4v) is 3.80. The van der Waals surface area contributed by atoms with Gasteiger partial charge >= 0.3 is 0 Å². The quantitative estimate of drug-likeness (QED) is 0.492. The first-order valence-corrected chi connectivity index (χ1v) is 8.58. The molecule has 0 aromatic heterocycles. The van der Waals surface area contributed by atoms with Crippen molar-refractivity contribution in [2.75, 3.05) is 5.32 Å². The van der Waals surface area contributed by atoms with E-state index in [0.717, 1.165) is 16.8 Å². The van der Waals surface area contributed by atoms with Crippen LogP contribution >= 0.6 is 0 Å². The SMILES string of the molecule is NNC(c1ccccc1)c1ccc2c(c1)Nc1ccccc1C1C=C21. The maximum Gasteiger partial charge on any atom is 0.0710 e. The Hall–Kier alpha value is -2.88. The summed E-state index contributed by atoms with van der Waals surface area (Å²) < 4.78 is 0. The third-order valence-electron chi connectivity index (χ3n) is 5.12. The lowest BCUT2D eigenvalue weighted by atomic mass is 9.96. The molecule has 3 heteroatoms. The van der Waals surface area contributed by atoms with E-state index in [1.807, 2.05) is 18.2 Å². The van der Waals surface area contributed by atoms with Crippen molar-refractivity contribution in [3.8, 4) is 0 Å². The molecule has 0 saturated heterocycles. The van der Waals surface area contributed by atoms with Crippen molar-refractivity contribution in [1.29, 1.82) is 0 Å². The molecule has 1 heterocycles. The maximum atomic E-state index is 5.87. The molecule has 2 aliphatic rings. The Bertz CT molecular complexity index is 976. The molecule has 0 amide bonds.